The molecule has 33 heavy (non-hydrogen) atoms. The van der Waals surface area contributed by atoms with E-state index in [-0.39, 0.29) is 12.0 Å². The Morgan fingerprint density at radius 2 is 1.55 bits per heavy atom. The highest BCUT2D eigenvalue weighted by molar-refractivity contribution is 6.05. The van der Waals surface area contributed by atoms with Gasteiger partial charge >= 0.3 is 0 Å². The van der Waals surface area contributed by atoms with Crippen LogP contribution in [-0.2, 0) is 0 Å². The zero-order valence-corrected chi connectivity index (χ0v) is 18.7. The standard InChI is InChI=1S/C28H25N3O2/c1-19-12-13-20(2)31(19)23-16-14-22(15-17-23)28(32)30-29-25-18-27(21-8-4-3-5-9-21)33-26-11-7-6-10-24(25)26/h3-17,27H,18H2,1-2H3,(H,30,32). The summed E-state index contributed by atoms with van der Waals surface area (Å²) >= 11 is 0. The molecular formula is C28H25N3O2. The number of benzene rings is 3. The van der Waals surface area contributed by atoms with Gasteiger partial charge in [-0.25, -0.2) is 5.43 Å². The lowest BCUT2D eigenvalue weighted by molar-refractivity contribution is 0.0954. The first-order valence-electron chi connectivity index (χ1n) is 11.0. The smallest absolute Gasteiger partial charge is 0.271 e. The van der Waals surface area contributed by atoms with Crippen LogP contribution in [0.5, 0.6) is 5.75 Å². The van der Waals surface area contributed by atoms with Crippen molar-refractivity contribution in [2.45, 2.75) is 26.4 Å². The molecule has 0 bridgehead atoms. The summed E-state index contributed by atoms with van der Waals surface area (Å²) in [5.74, 6) is 0.530. The minimum Gasteiger partial charge on any atom is -0.485 e. The minimum atomic E-state index is -0.241. The maximum atomic E-state index is 12.8. The monoisotopic (exact) mass is 435 g/mol. The van der Waals surface area contributed by atoms with Crippen LogP contribution in [0.2, 0.25) is 0 Å². The first kappa shape index (κ1) is 20.8. The first-order chi connectivity index (χ1) is 16.1. The summed E-state index contributed by atoms with van der Waals surface area (Å²) in [6, 6.07) is 29.6. The number of rotatable bonds is 4. The molecule has 1 aliphatic heterocycles. The van der Waals surface area contributed by atoms with Crippen LogP contribution in [0.3, 0.4) is 0 Å². The normalized spacial score (nSPS) is 16.2. The van der Waals surface area contributed by atoms with Gasteiger partial charge in [-0.05, 0) is 67.9 Å². The van der Waals surface area contributed by atoms with Gasteiger partial charge in [-0.2, -0.15) is 5.10 Å². The Morgan fingerprint density at radius 1 is 0.879 bits per heavy atom. The van der Waals surface area contributed by atoms with Crippen molar-refractivity contribution in [1.29, 1.82) is 0 Å². The van der Waals surface area contributed by atoms with Gasteiger partial charge in [-0.3, -0.25) is 4.79 Å². The van der Waals surface area contributed by atoms with Gasteiger partial charge in [-0.15, -0.1) is 0 Å². The van der Waals surface area contributed by atoms with Crippen LogP contribution in [0.25, 0.3) is 5.69 Å². The number of carbonyl (C=O) groups excluding carboxylic acids is 1. The molecule has 0 spiro atoms. The summed E-state index contributed by atoms with van der Waals surface area (Å²) < 4.78 is 8.37. The van der Waals surface area contributed by atoms with Crippen LogP contribution in [0.4, 0.5) is 0 Å². The van der Waals surface area contributed by atoms with Crippen LogP contribution in [0.1, 0.15) is 45.4 Å². The number of nitrogens with zero attached hydrogens (tertiary/aromatic N) is 2. The number of aryl methyl sites for hydroxylation is 2. The fourth-order valence-electron chi connectivity index (χ4n) is 4.27. The van der Waals surface area contributed by atoms with Crippen LogP contribution in [0, 0.1) is 13.8 Å². The molecule has 5 rings (SSSR count). The van der Waals surface area contributed by atoms with Gasteiger partial charge in [0, 0.05) is 34.6 Å². The van der Waals surface area contributed by atoms with E-state index in [9.17, 15) is 4.79 Å². The Morgan fingerprint density at radius 3 is 2.27 bits per heavy atom. The van der Waals surface area contributed by atoms with Gasteiger partial charge in [-0.1, -0.05) is 42.5 Å². The van der Waals surface area contributed by atoms with E-state index < -0.39 is 0 Å². The van der Waals surface area contributed by atoms with Crippen LogP contribution >= 0.6 is 0 Å². The number of aromatic nitrogens is 1. The van der Waals surface area contributed by atoms with E-state index in [0.29, 0.717) is 12.0 Å². The number of hydrogen-bond acceptors (Lipinski definition) is 3. The van der Waals surface area contributed by atoms with Crippen molar-refractivity contribution in [3.8, 4) is 11.4 Å². The van der Waals surface area contributed by atoms with Crippen molar-refractivity contribution in [2.75, 3.05) is 0 Å². The molecule has 4 aromatic rings. The third-order valence-corrected chi connectivity index (χ3v) is 5.97. The molecule has 0 saturated carbocycles. The maximum Gasteiger partial charge on any atom is 0.271 e. The van der Waals surface area contributed by atoms with Gasteiger partial charge in [0.15, 0.2) is 0 Å². The van der Waals surface area contributed by atoms with Crippen LogP contribution < -0.4 is 10.2 Å². The van der Waals surface area contributed by atoms with E-state index in [1.165, 1.54) is 0 Å². The number of hydrogen-bond donors (Lipinski definition) is 1. The number of para-hydroxylation sites is 1. The highest BCUT2D eigenvalue weighted by atomic mass is 16.5. The molecule has 1 amide bonds. The lowest BCUT2D eigenvalue weighted by Gasteiger charge is -2.27. The largest absolute Gasteiger partial charge is 0.485 e. The number of carbonyl (C=O) groups is 1. The summed E-state index contributed by atoms with van der Waals surface area (Å²) in [6.07, 6.45) is 0.427. The van der Waals surface area contributed by atoms with Crippen molar-refractivity contribution in [3.05, 3.63) is 119 Å². The first-order valence-corrected chi connectivity index (χ1v) is 11.0. The number of ether oxygens (including phenoxy) is 1. The Balaban J connectivity index is 1.37. The second-order valence-corrected chi connectivity index (χ2v) is 8.22. The van der Waals surface area contributed by atoms with Gasteiger partial charge in [0.1, 0.15) is 11.9 Å². The molecule has 0 aliphatic carbocycles. The molecule has 0 saturated heterocycles. The summed E-state index contributed by atoms with van der Waals surface area (Å²) in [6.45, 7) is 4.14. The zero-order valence-electron chi connectivity index (χ0n) is 18.7. The molecule has 0 fully saturated rings. The van der Waals surface area contributed by atoms with Crippen molar-refractivity contribution >= 4 is 11.6 Å². The van der Waals surface area contributed by atoms with Gasteiger partial charge in [0.05, 0.1) is 5.71 Å². The molecule has 5 nitrogen and oxygen atoms in total. The van der Waals surface area contributed by atoms with Crippen LogP contribution in [-0.4, -0.2) is 16.2 Å². The number of nitrogens with one attached hydrogen (secondary N) is 1. The lowest BCUT2D eigenvalue weighted by atomic mass is 9.96. The number of fused-ring (bicyclic) bond motifs is 1. The average molecular weight is 436 g/mol. The van der Waals surface area contributed by atoms with E-state index >= 15 is 0 Å². The van der Waals surface area contributed by atoms with E-state index in [0.717, 1.165) is 39.7 Å². The van der Waals surface area contributed by atoms with E-state index in [2.05, 4.69) is 41.1 Å². The van der Waals surface area contributed by atoms with Gasteiger partial charge < -0.3 is 9.30 Å². The molecule has 5 heteroatoms. The maximum absolute atomic E-state index is 12.8. The van der Waals surface area contributed by atoms with E-state index in [4.69, 9.17) is 4.74 Å². The second kappa shape index (κ2) is 8.79. The van der Waals surface area contributed by atoms with Gasteiger partial charge in [0.25, 0.3) is 5.91 Å². The molecule has 164 valence electrons. The zero-order chi connectivity index (χ0) is 22.8. The van der Waals surface area contributed by atoms with E-state index in [1.54, 1.807) is 0 Å². The van der Waals surface area contributed by atoms with Crippen molar-refractivity contribution in [1.82, 2.24) is 9.99 Å². The molecule has 2 heterocycles. The summed E-state index contributed by atoms with van der Waals surface area (Å²) in [5, 5.41) is 4.51. The molecule has 1 N–H and O–H groups in total. The molecular weight excluding hydrogens is 410 g/mol. The number of hydrazone groups is 1. The highest BCUT2D eigenvalue weighted by Crippen LogP contribution is 2.34. The average Bonchev–Trinajstić information content (AvgIpc) is 3.20. The quantitative estimate of drug-likeness (QED) is 0.415. The molecule has 1 aromatic heterocycles. The Labute approximate surface area is 193 Å². The predicted octanol–water partition coefficient (Wildman–Crippen LogP) is 5.75. The van der Waals surface area contributed by atoms with E-state index in [1.807, 2.05) is 78.9 Å². The highest BCUT2D eigenvalue weighted by Gasteiger charge is 2.26. The van der Waals surface area contributed by atoms with Gasteiger partial charge in [0.2, 0.25) is 0 Å². The lowest BCUT2D eigenvalue weighted by Crippen LogP contribution is -2.25. The predicted molar refractivity (Wildman–Crippen MR) is 130 cm³/mol. The van der Waals surface area contributed by atoms with Crippen molar-refractivity contribution in [3.63, 3.8) is 0 Å². The summed E-state index contributed by atoms with van der Waals surface area (Å²) in [5.41, 5.74) is 9.43. The third kappa shape index (κ3) is 4.17. The van der Waals surface area contributed by atoms with Crippen molar-refractivity contribution in [2.24, 2.45) is 5.10 Å². The van der Waals surface area contributed by atoms with Crippen LogP contribution in [0.15, 0.2) is 96.1 Å². The number of amides is 1. The molecule has 1 aliphatic rings. The summed E-state index contributed by atoms with van der Waals surface area (Å²) in [7, 11) is 0. The fraction of sp³-hybridized carbons (Fsp3) is 0.143. The minimum absolute atomic E-state index is 0.149. The Bertz CT molecular complexity index is 1300. The fourth-order valence-corrected chi connectivity index (χ4v) is 4.27. The van der Waals surface area contributed by atoms with Crippen molar-refractivity contribution < 1.29 is 9.53 Å². The SMILES string of the molecule is Cc1ccc(C)n1-c1ccc(C(=O)NN=C2CC(c3ccccc3)Oc3ccccc32)cc1. The molecule has 3 aromatic carbocycles. The molecule has 1 atom stereocenters. The topological polar surface area (TPSA) is 55.6 Å². The Hall–Kier alpha value is -4.12. The third-order valence-electron chi connectivity index (χ3n) is 5.97. The summed E-state index contributed by atoms with van der Waals surface area (Å²) in [4.78, 5) is 12.8. The molecule has 0 radical (unpaired) electrons. The Kier molecular flexibility index (Phi) is 5.53. The molecule has 1 unspecified atom stereocenters. The second-order valence-electron chi connectivity index (χ2n) is 8.22.